The fourth-order valence-electron chi connectivity index (χ4n) is 5.81. The van der Waals surface area contributed by atoms with Crippen LogP contribution in [-0.2, 0) is 27.4 Å². The van der Waals surface area contributed by atoms with Crippen molar-refractivity contribution < 1.29 is 40.3 Å². The maximum atomic E-state index is 14.0. The number of halogens is 7. The lowest BCUT2D eigenvalue weighted by Gasteiger charge is -2.35. The Labute approximate surface area is 250 Å². The number of amides is 2. The van der Waals surface area contributed by atoms with Crippen molar-refractivity contribution in [1.82, 2.24) is 10.2 Å². The molecule has 2 amide bonds. The first-order chi connectivity index (χ1) is 20.1. The molecule has 2 aromatic rings. The second-order valence-electron chi connectivity index (χ2n) is 12.1. The molecule has 4 rings (SSSR count). The van der Waals surface area contributed by atoms with Crippen LogP contribution >= 0.6 is 0 Å². The number of alkyl halides is 6. The van der Waals surface area contributed by atoms with Gasteiger partial charge >= 0.3 is 12.4 Å². The molecule has 1 unspecified atom stereocenters. The molecule has 3 N–H and O–H groups in total. The first kappa shape index (κ1) is 33.2. The number of carbonyl (C=O) groups excluding carboxylic acids is 2. The second-order valence-corrected chi connectivity index (χ2v) is 12.1. The normalized spacial score (nSPS) is 22.8. The molecule has 1 fully saturated rings. The fraction of sp³-hybridized carbons (Fsp3) is 0.452. The zero-order chi connectivity index (χ0) is 33.0. The number of benzene rings is 2. The van der Waals surface area contributed by atoms with E-state index in [1.807, 2.05) is 0 Å². The number of dihydropyridines is 1. The van der Waals surface area contributed by atoms with E-state index in [0.717, 1.165) is 4.90 Å². The summed E-state index contributed by atoms with van der Waals surface area (Å²) < 4.78 is 95.6. The van der Waals surface area contributed by atoms with E-state index in [4.69, 9.17) is 5.73 Å². The maximum absolute atomic E-state index is 14.0. The molecule has 0 saturated carbocycles. The lowest BCUT2D eigenvalue weighted by Crippen LogP contribution is -2.53. The number of rotatable bonds is 6. The molecular formula is C31H33F7N4O2. The van der Waals surface area contributed by atoms with Crippen molar-refractivity contribution in [3.05, 3.63) is 75.7 Å². The summed E-state index contributed by atoms with van der Waals surface area (Å²) in [5.74, 6) is -1.79. The van der Waals surface area contributed by atoms with Crippen LogP contribution in [0.5, 0.6) is 0 Å². The minimum absolute atomic E-state index is 0.0138. The SMILES string of the molecule is Cc1cc(F)ccc1C1=C(N(C)C(=O)C(C)(C)c2cc(C(F)(F)F)cc(C(F)(F)F)c2)C=NC([C@H]2CC[C@](C)(C(N)=O)N2)C1. The van der Waals surface area contributed by atoms with Crippen LogP contribution in [0.4, 0.5) is 30.7 Å². The highest BCUT2D eigenvalue weighted by molar-refractivity contribution is 6.00. The average Bonchev–Trinajstić information content (AvgIpc) is 3.34. The number of hydrogen-bond donors (Lipinski definition) is 2. The Morgan fingerprint density at radius 3 is 2.07 bits per heavy atom. The van der Waals surface area contributed by atoms with Crippen LogP contribution in [0, 0.1) is 12.7 Å². The number of primary amides is 1. The second kappa shape index (κ2) is 11.3. The number of nitrogens with zero attached hydrogens (tertiary/aromatic N) is 2. The van der Waals surface area contributed by atoms with E-state index in [2.05, 4.69) is 10.3 Å². The summed E-state index contributed by atoms with van der Waals surface area (Å²) in [6.45, 7) is 5.87. The third kappa shape index (κ3) is 6.38. The van der Waals surface area contributed by atoms with Crippen LogP contribution in [0.3, 0.4) is 0 Å². The molecule has 2 aromatic carbocycles. The Morgan fingerprint density at radius 2 is 1.57 bits per heavy atom. The molecule has 0 radical (unpaired) electrons. The van der Waals surface area contributed by atoms with Crippen molar-refractivity contribution in [2.45, 2.75) is 82.3 Å². The van der Waals surface area contributed by atoms with Gasteiger partial charge in [-0.15, -0.1) is 0 Å². The molecule has 0 aliphatic carbocycles. The molecule has 238 valence electrons. The minimum atomic E-state index is -5.08. The van der Waals surface area contributed by atoms with E-state index in [0.29, 0.717) is 41.7 Å². The minimum Gasteiger partial charge on any atom is -0.368 e. The van der Waals surface area contributed by atoms with Crippen molar-refractivity contribution in [3.63, 3.8) is 0 Å². The lowest BCUT2D eigenvalue weighted by atomic mass is 9.81. The van der Waals surface area contributed by atoms with E-state index < -0.39 is 63.7 Å². The van der Waals surface area contributed by atoms with Gasteiger partial charge in [0.1, 0.15) is 5.82 Å². The molecule has 13 heteroatoms. The summed E-state index contributed by atoms with van der Waals surface area (Å²) >= 11 is 0. The predicted molar refractivity (Wildman–Crippen MR) is 151 cm³/mol. The molecular weight excluding hydrogens is 593 g/mol. The van der Waals surface area contributed by atoms with Crippen LogP contribution in [0.1, 0.15) is 67.9 Å². The van der Waals surface area contributed by atoms with Crippen molar-refractivity contribution in [2.75, 3.05) is 7.05 Å². The first-order valence-corrected chi connectivity index (χ1v) is 13.8. The predicted octanol–water partition coefficient (Wildman–Crippen LogP) is 6.16. The van der Waals surface area contributed by atoms with E-state index in [1.165, 1.54) is 45.3 Å². The Kier molecular flexibility index (Phi) is 8.53. The maximum Gasteiger partial charge on any atom is 0.416 e. The zero-order valence-corrected chi connectivity index (χ0v) is 24.8. The van der Waals surface area contributed by atoms with Crippen molar-refractivity contribution in [2.24, 2.45) is 10.7 Å². The number of likely N-dealkylation sites (N-methyl/N-ethyl adjacent to an activating group) is 1. The average molecular weight is 627 g/mol. The summed E-state index contributed by atoms with van der Waals surface area (Å²) in [5, 5.41) is 3.24. The smallest absolute Gasteiger partial charge is 0.368 e. The third-order valence-corrected chi connectivity index (χ3v) is 8.60. The number of carbonyl (C=O) groups is 2. The van der Waals surface area contributed by atoms with Crippen LogP contribution < -0.4 is 11.1 Å². The molecule has 2 aliphatic heterocycles. The van der Waals surface area contributed by atoms with Gasteiger partial charge in [-0.2, -0.15) is 26.3 Å². The van der Waals surface area contributed by atoms with Gasteiger partial charge in [-0.1, -0.05) is 6.07 Å². The van der Waals surface area contributed by atoms with Gasteiger partial charge in [0, 0.05) is 19.3 Å². The molecule has 6 nitrogen and oxygen atoms in total. The van der Waals surface area contributed by atoms with Crippen molar-refractivity contribution in [3.8, 4) is 0 Å². The Balaban J connectivity index is 1.77. The van der Waals surface area contributed by atoms with Gasteiger partial charge in [0.05, 0.1) is 33.8 Å². The summed E-state index contributed by atoms with van der Waals surface area (Å²) in [5.41, 5.74) is 1.23. The Morgan fingerprint density at radius 1 is 1.00 bits per heavy atom. The van der Waals surface area contributed by atoms with Crippen molar-refractivity contribution >= 4 is 23.6 Å². The van der Waals surface area contributed by atoms with E-state index in [1.54, 1.807) is 13.8 Å². The molecule has 44 heavy (non-hydrogen) atoms. The highest BCUT2D eigenvalue weighted by atomic mass is 19.4. The summed E-state index contributed by atoms with van der Waals surface area (Å²) in [6, 6.07) is 4.54. The van der Waals surface area contributed by atoms with Crippen LogP contribution in [0.2, 0.25) is 0 Å². The van der Waals surface area contributed by atoms with Crippen LogP contribution in [0.15, 0.2) is 47.1 Å². The number of nitrogens with one attached hydrogen (secondary N) is 1. The number of aryl methyl sites for hydroxylation is 1. The van der Waals surface area contributed by atoms with E-state index >= 15 is 0 Å². The van der Waals surface area contributed by atoms with E-state index in [-0.39, 0.29) is 24.2 Å². The molecule has 2 aliphatic rings. The molecule has 0 aromatic heterocycles. The topological polar surface area (TPSA) is 87.8 Å². The number of allylic oxidation sites excluding steroid dienone is 1. The summed E-state index contributed by atoms with van der Waals surface area (Å²) in [4.78, 5) is 31.7. The molecule has 0 bridgehead atoms. The summed E-state index contributed by atoms with van der Waals surface area (Å²) in [6.07, 6.45) is -7.45. The standard InChI is InChI=1S/C31H33F7N4O2/c1-16-10-20(32)6-7-21(16)22-14-24(23-8-9-29(4,41-23)26(39)43)40-15-25(22)42(5)27(44)28(2,3)17-11-18(30(33,34)35)13-19(12-17)31(36,37)38/h6-7,10-13,15,23-24,41H,8-9,14H2,1-5H3,(H2,39,43)/t23-,24?,29-/m1/s1. The quantitative estimate of drug-likeness (QED) is 0.377. The number of hydrogen-bond acceptors (Lipinski definition) is 4. The number of nitrogens with two attached hydrogens (primary N) is 1. The van der Waals surface area contributed by atoms with Gasteiger partial charge in [0.15, 0.2) is 0 Å². The van der Waals surface area contributed by atoms with Crippen LogP contribution in [0.25, 0.3) is 5.57 Å². The molecule has 2 heterocycles. The lowest BCUT2D eigenvalue weighted by molar-refractivity contribution is -0.143. The monoisotopic (exact) mass is 626 g/mol. The largest absolute Gasteiger partial charge is 0.416 e. The molecule has 1 saturated heterocycles. The first-order valence-electron chi connectivity index (χ1n) is 13.8. The zero-order valence-electron chi connectivity index (χ0n) is 24.8. The van der Waals surface area contributed by atoms with Gasteiger partial charge in [0.2, 0.25) is 11.8 Å². The third-order valence-electron chi connectivity index (χ3n) is 8.60. The molecule has 0 spiro atoms. The van der Waals surface area contributed by atoms with Crippen molar-refractivity contribution in [1.29, 1.82) is 0 Å². The Hall–Kier alpha value is -3.74. The van der Waals surface area contributed by atoms with Crippen LogP contribution in [-0.4, -0.2) is 47.6 Å². The molecule has 3 atom stereocenters. The summed E-state index contributed by atoms with van der Waals surface area (Å²) in [7, 11) is 1.36. The van der Waals surface area contributed by atoms with Gasteiger partial charge < -0.3 is 10.6 Å². The highest BCUT2D eigenvalue weighted by Gasteiger charge is 2.44. The fourth-order valence-corrected chi connectivity index (χ4v) is 5.81. The van der Waals surface area contributed by atoms with Gasteiger partial charge in [-0.05, 0) is 99.6 Å². The van der Waals surface area contributed by atoms with Gasteiger partial charge in [-0.3, -0.25) is 19.9 Å². The van der Waals surface area contributed by atoms with Gasteiger partial charge in [-0.25, -0.2) is 4.39 Å². The Bertz CT molecular complexity index is 1510. The highest BCUT2D eigenvalue weighted by Crippen LogP contribution is 2.41. The van der Waals surface area contributed by atoms with E-state index in [9.17, 15) is 40.3 Å². The van der Waals surface area contributed by atoms with Gasteiger partial charge in [0.25, 0.3) is 0 Å². The number of aliphatic imine (C=N–C) groups is 1.